The molecule has 0 saturated carbocycles. The van der Waals surface area contributed by atoms with Crippen LogP contribution in [0, 0.1) is 0 Å². The summed E-state index contributed by atoms with van der Waals surface area (Å²) in [6.07, 6.45) is -0.379. The molecule has 0 aromatic rings. The molecule has 6 nitrogen and oxygen atoms in total. The maximum atomic E-state index is 12.1. The number of hydrogen-bond acceptors (Lipinski definition) is 4. The van der Waals surface area contributed by atoms with Gasteiger partial charge in [0, 0.05) is 26.2 Å². The first-order chi connectivity index (χ1) is 7.70. The van der Waals surface area contributed by atoms with Crippen LogP contribution < -0.4 is 5.32 Å². The summed E-state index contributed by atoms with van der Waals surface area (Å²) in [5, 5.41) is 3.19. The van der Waals surface area contributed by atoms with Gasteiger partial charge in [0.2, 0.25) is 5.91 Å². The molecule has 0 aromatic carbocycles. The predicted octanol–water partition coefficient (Wildman–Crippen LogP) is -0.741. The lowest BCUT2D eigenvalue weighted by Crippen LogP contribution is -2.53. The van der Waals surface area contributed by atoms with Gasteiger partial charge in [0.1, 0.15) is 12.6 Å². The van der Waals surface area contributed by atoms with Crippen LogP contribution in [0.25, 0.3) is 0 Å². The third kappa shape index (κ3) is 2.11. The van der Waals surface area contributed by atoms with Gasteiger partial charge in [-0.15, -0.1) is 0 Å². The van der Waals surface area contributed by atoms with Gasteiger partial charge in [-0.1, -0.05) is 0 Å². The van der Waals surface area contributed by atoms with E-state index in [4.69, 9.17) is 4.74 Å². The van der Waals surface area contributed by atoms with Crippen molar-refractivity contribution >= 4 is 12.0 Å². The van der Waals surface area contributed by atoms with Crippen molar-refractivity contribution in [2.75, 3.05) is 39.3 Å². The number of ether oxygens (including phenoxy) is 1. The SMILES string of the molecule is CC(C(=O)N1CCNCC1)N1CCOC1=O. The first-order valence-electron chi connectivity index (χ1n) is 5.63. The Balaban J connectivity index is 1.95. The van der Waals surface area contributed by atoms with Crippen LogP contribution in [0.3, 0.4) is 0 Å². The molecule has 2 amide bonds. The van der Waals surface area contributed by atoms with E-state index in [0.29, 0.717) is 26.2 Å². The third-order valence-electron chi connectivity index (χ3n) is 3.05. The fraction of sp³-hybridized carbons (Fsp3) is 0.800. The molecule has 2 fully saturated rings. The summed E-state index contributed by atoms with van der Waals surface area (Å²) in [5.41, 5.74) is 0. The van der Waals surface area contributed by atoms with Gasteiger partial charge in [-0.25, -0.2) is 4.79 Å². The smallest absolute Gasteiger partial charge is 0.410 e. The van der Waals surface area contributed by atoms with E-state index in [1.54, 1.807) is 11.8 Å². The van der Waals surface area contributed by atoms with Gasteiger partial charge in [-0.3, -0.25) is 9.69 Å². The van der Waals surface area contributed by atoms with Crippen LogP contribution in [0.2, 0.25) is 0 Å². The van der Waals surface area contributed by atoms with Crippen molar-refractivity contribution in [2.45, 2.75) is 13.0 Å². The minimum atomic E-state index is -0.409. The quantitative estimate of drug-likeness (QED) is 0.675. The van der Waals surface area contributed by atoms with Crippen molar-refractivity contribution in [1.29, 1.82) is 0 Å². The highest BCUT2D eigenvalue weighted by Gasteiger charge is 2.33. The maximum absolute atomic E-state index is 12.1. The zero-order valence-electron chi connectivity index (χ0n) is 9.44. The highest BCUT2D eigenvalue weighted by Crippen LogP contribution is 2.11. The third-order valence-corrected chi connectivity index (χ3v) is 3.05. The molecule has 0 aliphatic carbocycles. The zero-order chi connectivity index (χ0) is 11.5. The topological polar surface area (TPSA) is 61.9 Å². The van der Waals surface area contributed by atoms with Crippen LogP contribution in [0.4, 0.5) is 4.79 Å². The zero-order valence-corrected chi connectivity index (χ0v) is 9.44. The summed E-state index contributed by atoms with van der Waals surface area (Å²) >= 11 is 0. The maximum Gasteiger partial charge on any atom is 0.410 e. The van der Waals surface area contributed by atoms with Crippen molar-refractivity contribution in [3.63, 3.8) is 0 Å². The second-order valence-electron chi connectivity index (χ2n) is 4.06. The number of cyclic esters (lactones) is 1. The Labute approximate surface area is 94.5 Å². The Morgan fingerprint density at radius 3 is 2.62 bits per heavy atom. The van der Waals surface area contributed by atoms with Crippen molar-refractivity contribution < 1.29 is 14.3 Å². The summed E-state index contributed by atoms with van der Waals surface area (Å²) in [7, 11) is 0. The molecular weight excluding hydrogens is 210 g/mol. The Bertz CT molecular complexity index is 289. The van der Waals surface area contributed by atoms with Gasteiger partial charge in [-0.2, -0.15) is 0 Å². The van der Waals surface area contributed by atoms with Gasteiger partial charge >= 0.3 is 6.09 Å². The molecule has 1 N–H and O–H groups in total. The molecule has 90 valence electrons. The second-order valence-corrected chi connectivity index (χ2v) is 4.06. The van der Waals surface area contributed by atoms with E-state index in [1.165, 1.54) is 4.90 Å². The summed E-state index contributed by atoms with van der Waals surface area (Å²) in [4.78, 5) is 26.7. The summed E-state index contributed by atoms with van der Waals surface area (Å²) in [5.74, 6) is 0.0142. The molecule has 6 heteroatoms. The second kappa shape index (κ2) is 4.69. The summed E-state index contributed by atoms with van der Waals surface area (Å²) < 4.78 is 4.83. The lowest BCUT2D eigenvalue weighted by atomic mass is 10.2. The van der Waals surface area contributed by atoms with Crippen molar-refractivity contribution in [2.24, 2.45) is 0 Å². The Kier molecular flexibility index (Phi) is 3.28. The average Bonchev–Trinajstić information content (AvgIpc) is 2.75. The van der Waals surface area contributed by atoms with E-state index >= 15 is 0 Å². The van der Waals surface area contributed by atoms with Crippen molar-refractivity contribution in [1.82, 2.24) is 15.1 Å². The standard InChI is InChI=1S/C10H17N3O3/c1-8(13-6-7-16-10(13)15)9(14)12-4-2-11-3-5-12/h8,11H,2-7H2,1H3. The minimum Gasteiger partial charge on any atom is -0.448 e. The van der Waals surface area contributed by atoms with Gasteiger partial charge in [0.15, 0.2) is 0 Å². The van der Waals surface area contributed by atoms with Crippen LogP contribution in [0.15, 0.2) is 0 Å². The normalized spacial score (nSPS) is 23.2. The molecule has 2 saturated heterocycles. The number of nitrogens with one attached hydrogen (secondary N) is 1. The lowest BCUT2D eigenvalue weighted by Gasteiger charge is -2.32. The van der Waals surface area contributed by atoms with Gasteiger partial charge < -0.3 is 15.0 Å². The summed E-state index contributed by atoms with van der Waals surface area (Å²) in [6.45, 7) is 5.73. The van der Waals surface area contributed by atoms with E-state index in [0.717, 1.165) is 13.1 Å². The van der Waals surface area contributed by atoms with Crippen molar-refractivity contribution in [3.05, 3.63) is 0 Å². The molecule has 16 heavy (non-hydrogen) atoms. The van der Waals surface area contributed by atoms with E-state index in [1.807, 2.05) is 0 Å². The molecule has 0 aromatic heterocycles. The lowest BCUT2D eigenvalue weighted by molar-refractivity contribution is -0.135. The number of nitrogens with zero attached hydrogens (tertiary/aromatic N) is 2. The highest BCUT2D eigenvalue weighted by molar-refractivity contribution is 5.85. The van der Waals surface area contributed by atoms with Crippen LogP contribution in [0.1, 0.15) is 6.92 Å². The fourth-order valence-electron chi connectivity index (χ4n) is 2.04. The average molecular weight is 227 g/mol. The van der Waals surface area contributed by atoms with Crippen LogP contribution >= 0.6 is 0 Å². The minimum absolute atomic E-state index is 0.0142. The molecule has 2 heterocycles. The molecule has 1 atom stereocenters. The highest BCUT2D eigenvalue weighted by atomic mass is 16.6. The van der Waals surface area contributed by atoms with E-state index in [2.05, 4.69) is 5.32 Å². The Hall–Kier alpha value is -1.30. The number of amides is 2. The predicted molar refractivity (Wildman–Crippen MR) is 57.0 cm³/mol. The monoisotopic (exact) mass is 227 g/mol. The Morgan fingerprint density at radius 2 is 2.06 bits per heavy atom. The van der Waals surface area contributed by atoms with Crippen LogP contribution in [0.5, 0.6) is 0 Å². The van der Waals surface area contributed by atoms with E-state index in [-0.39, 0.29) is 12.0 Å². The van der Waals surface area contributed by atoms with E-state index < -0.39 is 6.04 Å². The molecule has 1 unspecified atom stereocenters. The molecule has 2 aliphatic heterocycles. The molecule has 2 aliphatic rings. The fourth-order valence-corrected chi connectivity index (χ4v) is 2.04. The number of rotatable bonds is 2. The van der Waals surface area contributed by atoms with Gasteiger partial charge in [0.25, 0.3) is 0 Å². The largest absolute Gasteiger partial charge is 0.448 e. The summed E-state index contributed by atoms with van der Waals surface area (Å²) in [6, 6.07) is -0.409. The van der Waals surface area contributed by atoms with E-state index in [9.17, 15) is 9.59 Å². The number of piperazine rings is 1. The first-order valence-corrected chi connectivity index (χ1v) is 5.63. The number of hydrogen-bond donors (Lipinski definition) is 1. The number of carbonyl (C=O) groups excluding carboxylic acids is 2. The molecular formula is C10H17N3O3. The molecule has 0 radical (unpaired) electrons. The number of carbonyl (C=O) groups is 2. The Morgan fingerprint density at radius 1 is 1.38 bits per heavy atom. The van der Waals surface area contributed by atoms with Crippen LogP contribution in [-0.4, -0.2) is 67.2 Å². The van der Waals surface area contributed by atoms with Crippen molar-refractivity contribution in [3.8, 4) is 0 Å². The molecule has 2 rings (SSSR count). The van der Waals surface area contributed by atoms with Gasteiger partial charge in [-0.05, 0) is 6.92 Å². The molecule has 0 spiro atoms. The van der Waals surface area contributed by atoms with Crippen LogP contribution in [-0.2, 0) is 9.53 Å². The molecule has 0 bridgehead atoms. The first kappa shape index (κ1) is 11.2. The van der Waals surface area contributed by atoms with Gasteiger partial charge in [0.05, 0.1) is 6.54 Å².